The SMILES string of the molecule is CCC(C)CC(C)NC(=O)C1(C#N)CC1. The second-order valence-electron chi connectivity index (χ2n) is 4.82. The average molecular weight is 208 g/mol. The zero-order valence-corrected chi connectivity index (χ0v) is 9.84. The molecule has 1 fully saturated rings. The molecule has 1 aliphatic rings. The second-order valence-corrected chi connectivity index (χ2v) is 4.82. The Morgan fingerprint density at radius 1 is 1.53 bits per heavy atom. The van der Waals surface area contributed by atoms with Crippen molar-refractivity contribution in [3.63, 3.8) is 0 Å². The number of nitrogens with zero attached hydrogens (tertiary/aromatic N) is 1. The van der Waals surface area contributed by atoms with Crippen LogP contribution in [0, 0.1) is 22.7 Å². The van der Waals surface area contributed by atoms with Gasteiger partial charge < -0.3 is 5.32 Å². The van der Waals surface area contributed by atoms with Gasteiger partial charge in [0, 0.05) is 6.04 Å². The quantitative estimate of drug-likeness (QED) is 0.753. The predicted octanol–water partition coefficient (Wildman–Crippen LogP) is 2.23. The van der Waals surface area contributed by atoms with Crippen LogP contribution in [-0.2, 0) is 4.79 Å². The van der Waals surface area contributed by atoms with Gasteiger partial charge in [-0.2, -0.15) is 5.26 Å². The summed E-state index contributed by atoms with van der Waals surface area (Å²) in [6.07, 6.45) is 3.57. The lowest BCUT2D eigenvalue weighted by molar-refractivity contribution is -0.125. The number of nitrogens with one attached hydrogen (secondary N) is 1. The minimum absolute atomic E-state index is 0.0687. The lowest BCUT2D eigenvalue weighted by Gasteiger charge is -2.18. The topological polar surface area (TPSA) is 52.9 Å². The van der Waals surface area contributed by atoms with E-state index in [-0.39, 0.29) is 11.9 Å². The number of carbonyl (C=O) groups excluding carboxylic acids is 1. The maximum Gasteiger partial charge on any atom is 0.240 e. The van der Waals surface area contributed by atoms with Crippen LogP contribution in [0.2, 0.25) is 0 Å². The van der Waals surface area contributed by atoms with Gasteiger partial charge in [0.25, 0.3) is 0 Å². The van der Waals surface area contributed by atoms with Gasteiger partial charge in [0.15, 0.2) is 0 Å². The van der Waals surface area contributed by atoms with E-state index in [1.54, 1.807) is 0 Å². The molecule has 0 aromatic rings. The molecule has 0 saturated heterocycles. The number of nitriles is 1. The van der Waals surface area contributed by atoms with Crippen molar-refractivity contribution >= 4 is 5.91 Å². The van der Waals surface area contributed by atoms with Gasteiger partial charge in [-0.1, -0.05) is 20.3 Å². The predicted molar refractivity (Wildman–Crippen MR) is 59.0 cm³/mol. The molecule has 2 unspecified atom stereocenters. The summed E-state index contributed by atoms with van der Waals surface area (Å²) in [4.78, 5) is 11.7. The monoisotopic (exact) mass is 208 g/mol. The molecule has 0 aliphatic heterocycles. The van der Waals surface area contributed by atoms with Gasteiger partial charge in [-0.25, -0.2) is 0 Å². The summed E-state index contributed by atoms with van der Waals surface area (Å²) in [5, 5.41) is 11.8. The van der Waals surface area contributed by atoms with Gasteiger partial charge in [0.2, 0.25) is 5.91 Å². The Bertz CT molecular complexity index is 276. The molecule has 0 radical (unpaired) electrons. The molecule has 3 nitrogen and oxygen atoms in total. The molecular weight excluding hydrogens is 188 g/mol. The highest BCUT2D eigenvalue weighted by Gasteiger charge is 2.50. The molecule has 1 amide bonds. The molecule has 1 aliphatic carbocycles. The van der Waals surface area contributed by atoms with E-state index in [4.69, 9.17) is 5.26 Å². The van der Waals surface area contributed by atoms with Crippen molar-refractivity contribution in [3.8, 4) is 6.07 Å². The van der Waals surface area contributed by atoms with Crippen molar-refractivity contribution in [1.29, 1.82) is 5.26 Å². The molecule has 15 heavy (non-hydrogen) atoms. The van der Waals surface area contributed by atoms with Crippen LogP contribution in [0.4, 0.5) is 0 Å². The van der Waals surface area contributed by atoms with Gasteiger partial charge in [-0.3, -0.25) is 4.79 Å². The second kappa shape index (κ2) is 4.65. The largest absolute Gasteiger partial charge is 0.352 e. The van der Waals surface area contributed by atoms with Crippen LogP contribution in [0.1, 0.15) is 46.5 Å². The van der Waals surface area contributed by atoms with Gasteiger partial charge >= 0.3 is 0 Å². The lowest BCUT2D eigenvalue weighted by Crippen LogP contribution is -2.38. The molecule has 1 rings (SSSR count). The van der Waals surface area contributed by atoms with E-state index in [0.29, 0.717) is 5.92 Å². The molecule has 1 N–H and O–H groups in total. The summed E-state index contributed by atoms with van der Waals surface area (Å²) in [7, 11) is 0. The lowest BCUT2D eigenvalue weighted by atomic mass is 9.99. The van der Waals surface area contributed by atoms with E-state index in [9.17, 15) is 4.79 Å². The minimum Gasteiger partial charge on any atom is -0.352 e. The Morgan fingerprint density at radius 2 is 2.13 bits per heavy atom. The summed E-state index contributed by atoms with van der Waals surface area (Å²) in [6, 6.07) is 2.29. The van der Waals surface area contributed by atoms with Gasteiger partial charge in [0.1, 0.15) is 5.41 Å². The first-order valence-electron chi connectivity index (χ1n) is 5.76. The van der Waals surface area contributed by atoms with E-state index >= 15 is 0 Å². The number of amides is 1. The molecular formula is C12H20N2O. The minimum atomic E-state index is -0.677. The fourth-order valence-corrected chi connectivity index (χ4v) is 1.71. The Kier molecular flexibility index (Phi) is 3.73. The van der Waals surface area contributed by atoms with E-state index in [1.165, 1.54) is 0 Å². The third-order valence-electron chi connectivity index (χ3n) is 3.23. The van der Waals surface area contributed by atoms with Gasteiger partial charge in [-0.15, -0.1) is 0 Å². The first-order chi connectivity index (χ1) is 7.04. The highest BCUT2D eigenvalue weighted by atomic mass is 16.2. The molecule has 0 bridgehead atoms. The molecule has 84 valence electrons. The van der Waals surface area contributed by atoms with Crippen molar-refractivity contribution in [2.75, 3.05) is 0 Å². The van der Waals surface area contributed by atoms with Crippen LogP contribution in [0.15, 0.2) is 0 Å². The van der Waals surface area contributed by atoms with Crippen molar-refractivity contribution < 1.29 is 4.79 Å². The highest BCUT2D eigenvalue weighted by Crippen LogP contribution is 2.45. The number of hydrogen-bond donors (Lipinski definition) is 1. The van der Waals surface area contributed by atoms with Crippen LogP contribution in [0.3, 0.4) is 0 Å². The first-order valence-corrected chi connectivity index (χ1v) is 5.76. The maximum absolute atomic E-state index is 11.7. The van der Waals surface area contributed by atoms with E-state index in [0.717, 1.165) is 25.7 Å². The smallest absolute Gasteiger partial charge is 0.240 e. The molecule has 2 atom stereocenters. The Labute approximate surface area is 91.9 Å². The highest BCUT2D eigenvalue weighted by molar-refractivity contribution is 5.88. The third-order valence-corrected chi connectivity index (χ3v) is 3.23. The van der Waals surface area contributed by atoms with Crippen LogP contribution < -0.4 is 5.32 Å². The zero-order valence-electron chi connectivity index (χ0n) is 9.84. The number of carbonyl (C=O) groups is 1. The van der Waals surface area contributed by atoms with Crippen molar-refractivity contribution in [1.82, 2.24) is 5.32 Å². The van der Waals surface area contributed by atoms with E-state index in [1.807, 2.05) is 6.92 Å². The Hall–Kier alpha value is -1.04. The summed E-state index contributed by atoms with van der Waals surface area (Å²) in [5.74, 6) is 0.554. The zero-order chi connectivity index (χ0) is 11.5. The summed E-state index contributed by atoms with van der Waals surface area (Å²) < 4.78 is 0. The molecule has 0 spiro atoms. The Balaban J connectivity index is 2.36. The molecule has 3 heteroatoms. The van der Waals surface area contributed by atoms with Crippen LogP contribution in [0.5, 0.6) is 0 Å². The van der Waals surface area contributed by atoms with Crippen LogP contribution >= 0.6 is 0 Å². The molecule has 0 heterocycles. The van der Waals surface area contributed by atoms with Gasteiger partial charge in [0.05, 0.1) is 6.07 Å². The van der Waals surface area contributed by atoms with Crippen molar-refractivity contribution in [2.24, 2.45) is 11.3 Å². The Morgan fingerprint density at radius 3 is 2.53 bits per heavy atom. The normalized spacial score (nSPS) is 21.2. The number of rotatable bonds is 5. The fraction of sp³-hybridized carbons (Fsp3) is 0.833. The average Bonchev–Trinajstić information content (AvgIpc) is 2.97. The summed E-state index contributed by atoms with van der Waals surface area (Å²) >= 11 is 0. The fourth-order valence-electron chi connectivity index (χ4n) is 1.71. The first kappa shape index (κ1) is 12.0. The maximum atomic E-state index is 11.7. The molecule has 0 aromatic carbocycles. The standard InChI is InChI=1S/C12H20N2O/c1-4-9(2)7-10(3)14-11(15)12(8-13)5-6-12/h9-10H,4-7H2,1-3H3,(H,14,15). The summed E-state index contributed by atoms with van der Waals surface area (Å²) in [6.45, 7) is 6.34. The van der Waals surface area contributed by atoms with E-state index < -0.39 is 5.41 Å². The van der Waals surface area contributed by atoms with Crippen LogP contribution in [-0.4, -0.2) is 11.9 Å². The van der Waals surface area contributed by atoms with Crippen molar-refractivity contribution in [3.05, 3.63) is 0 Å². The van der Waals surface area contributed by atoms with E-state index in [2.05, 4.69) is 25.2 Å². The van der Waals surface area contributed by atoms with Crippen molar-refractivity contribution in [2.45, 2.75) is 52.5 Å². The number of hydrogen-bond acceptors (Lipinski definition) is 2. The molecule has 1 saturated carbocycles. The van der Waals surface area contributed by atoms with Gasteiger partial charge in [-0.05, 0) is 32.1 Å². The third kappa shape index (κ3) is 2.95. The summed E-state index contributed by atoms with van der Waals surface area (Å²) in [5.41, 5.74) is -0.677. The molecule has 0 aromatic heterocycles. The van der Waals surface area contributed by atoms with Crippen LogP contribution in [0.25, 0.3) is 0 Å².